The molecule has 0 amide bonds. The number of carbonyl (C=O) groups excluding carboxylic acids is 1. The number of ether oxygens (including phenoxy) is 3. The highest BCUT2D eigenvalue weighted by Crippen LogP contribution is 2.16. The molecule has 2 atom stereocenters. The second kappa shape index (κ2) is 11.9. The summed E-state index contributed by atoms with van der Waals surface area (Å²) in [6.45, 7) is 10.5. The molecule has 2 unspecified atom stereocenters. The van der Waals surface area contributed by atoms with Gasteiger partial charge in [0.2, 0.25) is 0 Å². The van der Waals surface area contributed by atoms with Crippen LogP contribution in [0.15, 0.2) is 24.3 Å². The van der Waals surface area contributed by atoms with Crippen molar-refractivity contribution in [2.75, 3.05) is 19.7 Å². The number of rotatable bonds is 12. The normalized spacial score (nSPS) is 13.3. The molecule has 0 aliphatic rings. The fourth-order valence-electron chi connectivity index (χ4n) is 2.21. The number of nitrogens with one attached hydrogen (secondary N) is 1. The van der Waals surface area contributed by atoms with E-state index in [2.05, 4.69) is 19.2 Å². The molecule has 5 nitrogen and oxygen atoms in total. The standard InChI is InChI=1S/C19H31NO4/c1-5-7-15(3)19(21)23-14-17-8-10-18(11-9-17)24-16(4)22-13-12-20-6-2/h8-11,15-16,20H,5-7,12-14H2,1-4H3. The third kappa shape index (κ3) is 8.31. The van der Waals surface area contributed by atoms with Crippen LogP contribution in [0.4, 0.5) is 0 Å². The number of hydrogen-bond donors (Lipinski definition) is 1. The van der Waals surface area contributed by atoms with E-state index in [-0.39, 0.29) is 18.2 Å². The van der Waals surface area contributed by atoms with E-state index in [4.69, 9.17) is 14.2 Å². The van der Waals surface area contributed by atoms with Gasteiger partial charge in [-0.05, 0) is 37.6 Å². The summed E-state index contributed by atoms with van der Waals surface area (Å²) in [6.07, 6.45) is 1.54. The van der Waals surface area contributed by atoms with Crippen molar-refractivity contribution in [2.24, 2.45) is 5.92 Å². The Labute approximate surface area is 145 Å². The molecule has 0 spiro atoms. The van der Waals surface area contributed by atoms with Crippen molar-refractivity contribution in [3.05, 3.63) is 29.8 Å². The molecule has 1 aromatic carbocycles. The Morgan fingerprint density at radius 3 is 2.50 bits per heavy atom. The number of likely N-dealkylation sites (N-methyl/N-ethyl adjacent to an activating group) is 1. The highest BCUT2D eigenvalue weighted by molar-refractivity contribution is 5.71. The minimum absolute atomic E-state index is 0.0437. The van der Waals surface area contributed by atoms with Crippen LogP contribution in [-0.4, -0.2) is 32.0 Å². The van der Waals surface area contributed by atoms with E-state index in [9.17, 15) is 4.79 Å². The number of hydrogen-bond acceptors (Lipinski definition) is 5. The van der Waals surface area contributed by atoms with E-state index in [1.165, 1.54) is 0 Å². The molecule has 0 aliphatic carbocycles. The van der Waals surface area contributed by atoms with Gasteiger partial charge in [0.05, 0.1) is 12.5 Å². The van der Waals surface area contributed by atoms with Gasteiger partial charge in [-0.1, -0.05) is 39.3 Å². The van der Waals surface area contributed by atoms with Crippen LogP contribution in [0.3, 0.4) is 0 Å². The Morgan fingerprint density at radius 2 is 1.88 bits per heavy atom. The summed E-state index contributed by atoms with van der Waals surface area (Å²) in [7, 11) is 0. The topological polar surface area (TPSA) is 56.8 Å². The predicted molar refractivity (Wildman–Crippen MR) is 94.9 cm³/mol. The van der Waals surface area contributed by atoms with Crippen molar-refractivity contribution in [1.82, 2.24) is 5.32 Å². The fraction of sp³-hybridized carbons (Fsp3) is 0.632. The summed E-state index contributed by atoms with van der Waals surface area (Å²) >= 11 is 0. The molecule has 24 heavy (non-hydrogen) atoms. The van der Waals surface area contributed by atoms with Gasteiger partial charge in [-0.25, -0.2) is 0 Å². The van der Waals surface area contributed by atoms with E-state index in [1.54, 1.807) is 0 Å². The molecule has 1 aromatic rings. The first kappa shape index (κ1) is 20.5. The van der Waals surface area contributed by atoms with Crippen molar-refractivity contribution in [1.29, 1.82) is 0 Å². The Kier molecular flexibility index (Phi) is 10.1. The van der Waals surface area contributed by atoms with E-state index < -0.39 is 0 Å². The quantitative estimate of drug-likeness (QED) is 0.359. The van der Waals surface area contributed by atoms with Gasteiger partial charge >= 0.3 is 5.97 Å². The summed E-state index contributed by atoms with van der Waals surface area (Å²) in [5.41, 5.74) is 0.945. The Morgan fingerprint density at radius 1 is 1.17 bits per heavy atom. The maximum Gasteiger partial charge on any atom is 0.308 e. The fourth-order valence-corrected chi connectivity index (χ4v) is 2.21. The second-order valence-corrected chi connectivity index (χ2v) is 5.85. The zero-order valence-corrected chi connectivity index (χ0v) is 15.3. The number of benzene rings is 1. The summed E-state index contributed by atoms with van der Waals surface area (Å²) in [5, 5.41) is 3.19. The van der Waals surface area contributed by atoms with Crippen LogP contribution in [0.2, 0.25) is 0 Å². The van der Waals surface area contributed by atoms with E-state index in [0.29, 0.717) is 13.2 Å². The van der Waals surface area contributed by atoms with Crippen LogP contribution in [0, 0.1) is 5.92 Å². The summed E-state index contributed by atoms with van der Waals surface area (Å²) in [4.78, 5) is 11.8. The van der Waals surface area contributed by atoms with Gasteiger partial charge in [-0.2, -0.15) is 0 Å². The highest BCUT2D eigenvalue weighted by Gasteiger charge is 2.13. The lowest BCUT2D eigenvalue weighted by Gasteiger charge is -2.16. The molecule has 0 bridgehead atoms. The third-order valence-corrected chi connectivity index (χ3v) is 3.61. The molecule has 0 heterocycles. The lowest BCUT2D eigenvalue weighted by molar-refractivity contribution is -0.149. The van der Waals surface area contributed by atoms with Crippen LogP contribution in [0.1, 0.15) is 46.1 Å². The largest absolute Gasteiger partial charge is 0.465 e. The average Bonchev–Trinajstić information content (AvgIpc) is 2.58. The van der Waals surface area contributed by atoms with Crippen LogP contribution >= 0.6 is 0 Å². The summed E-state index contributed by atoms with van der Waals surface area (Å²) in [6, 6.07) is 7.53. The van der Waals surface area contributed by atoms with Gasteiger partial charge in [0.15, 0.2) is 6.29 Å². The first-order valence-electron chi connectivity index (χ1n) is 8.81. The highest BCUT2D eigenvalue weighted by atomic mass is 16.7. The van der Waals surface area contributed by atoms with Crippen LogP contribution in [-0.2, 0) is 20.9 Å². The van der Waals surface area contributed by atoms with Crippen LogP contribution < -0.4 is 10.1 Å². The number of esters is 1. The average molecular weight is 337 g/mol. The molecule has 1 rings (SSSR count). The summed E-state index contributed by atoms with van der Waals surface area (Å²) < 4.78 is 16.6. The first-order valence-corrected chi connectivity index (χ1v) is 8.81. The number of carbonyl (C=O) groups is 1. The van der Waals surface area contributed by atoms with Crippen LogP contribution in [0.5, 0.6) is 5.75 Å². The summed E-state index contributed by atoms with van der Waals surface area (Å²) in [5.74, 6) is 0.554. The van der Waals surface area contributed by atoms with E-state index in [1.807, 2.05) is 38.1 Å². The van der Waals surface area contributed by atoms with Crippen LogP contribution in [0.25, 0.3) is 0 Å². The zero-order valence-electron chi connectivity index (χ0n) is 15.3. The van der Waals surface area contributed by atoms with Gasteiger partial charge in [0.25, 0.3) is 0 Å². The molecule has 0 radical (unpaired) electrons. The minimum atomic E-state index is -0.303. The molecule has 0 aromatic heterocycles. The zero-order chi connectivity index (χ0) is 17.8. The van der Waals surface area contributed by atoms with Gasteiger partial charge in [0.1, 0.15) is 12.4 Å². The molecule has 0 aliphatic heterocycles. The van der Waals surface area contributed by atoms with Gasteiger partial charge in [0, 0.05) is 6.54 Å². The van der Waals surface area contributed by atoms with E-state index in [0.717, 1.165) is 37.2 Å². The van der Waals surface area contributed by atoms with Crippen molar-refractivity contribution in [2.45, 2.75) is 53.4 Å². The predicted octanol–water partition coefficient (Wildman–Crippen LogP) is 3.52. The lowest BCUT2D eigenvalue weighted by atomic mass is 10.1. The maximum atomic E-state index is 11.8. The Hall–Kier alpha value is -1.59. The molecule has 0 saturated carbocycles. The molecular formula is C19H31NO4. The third-order valence-electron chi connectivity index (χ3n) is 3.61. The van der Waals surface area contributed by atoms with E-state index >= 15 is 0 Å². The van der Waals surface area contributed by atoms with Crippen molar-refractivity contribution < 1.29 is 19.0 Å². The minimum Gasteiger partial charge on any atom is -0.465 e. The molecule has 0 fully saturated rings. The second-order valence-electron chi connectivity index (χ2n) is 5.85. The van der Waals surface area contributed by atoms with Crippen molar-refractivity contribution in [3.8, 4) is 5.75 Å². The van der Waals surface area contributed by atoms with Gasteiger partial charge in [-0.3, -0.25) is 4.79 Å². The smallest absolute Gasteiger partial charge is 0.308 e. The molecule has 1 N–H and O–H groups in total. The molecule has 136 valence electrons. The van der Waals surface area contributed by atoms with Gasteiger partial charge in [-0.15, -0.1) is 0 Å². The lowest BCUT2D eigenvalue weighted by Crippen LogP contribution is -2.24. The molecule has 0 saturated heterocycles. The van der Waals surface area contributed by atoms with Crippen molar-refractivity contribution >= 4 is 5.97 Å². The first-order chi connectivity index (χ1) is 11.6. The monoisotopic (exact) mass is 337 g/mol. The molecule has 5 heteroatoms. The maximum absolute atomic E-state index is 11.8. The molecular weight excluding hydrogens is 306 g/mol. The Bertz CT molecular complexity index is 461. The van der Waals surface area contributed by atoms with Crippen molar-refractivity contribution in [3.63, 3.8) is 0 Å². The van der Waals surface area contributed by atoms with Gasteiger partial charge < -0.3 is 19.5 Å². The Balaban J connectivity index is 2.33. The SMILES string of the molecule is CCCC(C)C(=O)OCc1ccc(OC(C)OCCNCC)cc1.